The maximum absolute atomic E-state index is 12.3. The Hall–Kier alpha value is -1.56. The van der Waals surface area contributed by atoms with Crippen molar-refractivity contribution in [2.24, 2.45) is 0 Å². The molecule has 21 heavy (non-hydrogen) atoms. The van der Waals surface area contributed by atoms with E-state index >= 15 is 0 Å². The second-order valence-corrected chi connectivity index (χ2v) is 6.80. The van der Waals surface area contributed by atoms with E-state index in [1.807, 2.05) is 31.9 Å². The van der Waals surface area contributed by atoms with Crippen LogP contribution in [0.4, 0.5) is 4.79 Å². The van der Waals surface area contributed by atoms with Crippen molar-refractivity contribution in [3.63, 3.8) is 0 Å². The van der Waals surface area contributed by atoms with Gasteiger partial charge in [0, 0.05) is 37.6 Å². The molecular formula is C15H26N4O2. The number of hydrogen-bond acceptors (Lipinski definition) is 4. The van der Waals surface area contributed by atoms with Gasteiger partial charge in [0.2, 0.25) is 0 Å². The van der Waals surface area contributed by atoms with Crippen LogP contribution in [0.5, 0.6) is 0 Å². The van der Waals surface area contributed by atoms with Gasteiger partial charge in [0.1, 0.15) is 11.4 Å². The summed E-state index contributed by atoms with van der Waals surface area (Å²) in [5, 5.41) is 0. The van der Waals surface area contributed by atoms with Gasteiger partial charge in [0.25, 0.3) is 0 Å². The van der Waals surface area contributed by atoms with Gasteiger partial charge in [-0.2, -0.15) is 0 Å². The molecule has 6 nitrogen and oxygen atoms in total. The fraction of sp³-hybridized carbons (Fsp3) is 0.733. The van der Waals surface area contributed by atoms with E-state index in [4.69, 9.17) is 4.74 Å². The zero-order chi connectivity index (χ0) is 15.6. The van der Waals surface area contributed by atoms with Crippen LogP contribution in [-0.4, -0.2) is 56.6 Å². The first-order chi connectivity index (χ1) is 9.76. The number of aromatic nitrogens is 2. The molecule has 1 fully saturated rings. The van der Waals surface area contributed by atoms with Crippen LogP contribution >= 0.6 is 0 Å². The summed E-state index contributed by atoms with van der Waals surface area (Å²) in [6.07, 6.45) is 3.38. The molecule has 1 aromatic heterocycles. The van der Waals surface area contributed by atoms with Crippen LogP contribution in [0.25, 0.3) is 0 Å². The molecule has 1 N–H and O–H groups in total. The molecule has 118 valence electrons. The minimum Gasteiger partial charge on any atom is -0.444 e. The van der Waals surface area contributed by atoms with Crippen molar-refractivity contribution in [1.29, 1.82) is 0 Å². The molecule has 0 bridgehead atoms. The molecule has 2 heterocycles. The Morgan fingerprint density at radius 1 is 1.38 bits per heavy atom. The van der Waals surface area contributed by atoms with Gasteiger partial charge < -0.3 is 14.6 Å². The van der Waals surface area contributed by atoms with Gasteiger partial charge in [0.05, 0.1) is 6.54 Å². The summed E-state index contributed by atoms with van der Waals surface area (Å²) in [7, 11) is 0. The summed E-state index contributed by atoms with van der Waals surface area (Å²) in [6.45, 7) is 12.2. The topological polar surface area (TPSA) is 61.5 Å². The summed E-state index contributed by atoms with van der Waals surface area (Å²) in [4.78, 5) is 23.8. The molecular weight excluding hydrogens is 268 g/mol. The number of amides is 1. The highest BCUT2D eigenvalue weighted by molar-refractivity contribution is 5.68. The molecule has 2 atom stereocenters. The number of hydrogen-bond donors (Lipinski definition) is 1. The first-order valence-electron chi connectivity index (χ1n) is 7.48. The predicted molar refractivity (Wildman–Crippen MR) is 80.9 cm³/mol. The van der Waals surface area contributed by atoms with E-state index < -0.39 is 5.60 Å². The molecule has 1 amide bonds. The highest BCUT2D eigenvalue weighted by Gasteiger charge is 2.34. The highest BCUT2D eigenvalue weighted by atomic mass is 16.6. The molecule has 1 saturated heterocycles. The first kappa shape index (κ1) is 15.8. The van der Waals surface area contributed by atoms with E-state index in [2.05, 4.69) is 28.7 Å². The standard InChI is InChI=1S/C15H26N4O2/c1-11-9-19(14(20)21-15(3,4)5)12(2)8-18(11)10-13-16-6-7-17-13/h6-7,11-12H,8-10H2,1-5H3,(H,16,17)/t11-,12-/m0/s1. The first-order valence-corrected chi connectivity index (χ1v) is 7.48. The van der Waals surface area contributed by atoms with Gasteiger partial charge in [-0.05, 0) is 34.6 Å². The Bertz CT molecular complexity index is 467. The molecule has 0 aliphatic carbocycles. The Kier molecular flexibility index (Phi) is 4.56. The molecule has 0 radical (unpaired) electrons. The number of nitrogens with zero attached hydrogens (tertiary/aromatic N) is 3. The van der Waals surface area contributed by atoms with Gasteiger partial charge in [-0.3, -0.25) is 4.90 Å². The van der Waals surface area contributed by atoms with Crippen LogP contribution in [0.1, 0.15) is 40.4 Å². The number of aromatic amines is 1. The SMILES string of the molecule is C[C@H]1CN(C(=O)OC(C)(C)C)[C@@H](C)CN1Cc1ncc[nH]1. The zero-order valence-electron chi connectivity index (χ0n) is 13.6. The molecule has 2 rings (SSSR count). The fourth-order valence-corrected chi connectivity index (χ4v) is 2.57. The van der Waals surface area contributed by atoms with Gasteiger partial charge in [-0.1, -0.05) is 0 Å². The lowest BCUT2D eigenvalue weighted by molar-refractivity contribution is -0.0121. The number of carbonyl (C=O) groups excluding carboxylic acids is 1. The predicted octanol–water partition coefficient (Wildman–Crippen LogP) is 2.24. The lowest BCUT2D eigenvalue weighted by Crippen LogP contribution is -2.58. The van der Waals surface area contributed by atoms with Gasteiger partial charge in [0.15, 0.2) is 0 Å². The lowest BCUT2D eigenvalue weighted by atomic mass is 10.1. The molecule has 0 aromatic carbocycles. The Morgan fingerprint density at radius 2 is 2.10 bits per heavy atom. The van der Waals surface area contributed by atoms with Crippen LogP contribution in [-0.2, 0) is 11.3 Å². The van der Waals surface area contributed by atoms with Crippen molar-refractivity contribution in [1.82, 2.24) is 19.8 Å². The smallest absolute Gasteiger partial charge is 0.410 e. The van der Waals surface area contributed by atoms with Gasteiger partial charge in [-0.25, -0.2) is 9.78 Å². The van der Waals surface area contributed by atoms with E-state index in [0.29, 0.717) is 6.54 Å². The number of rotatable bonds is 2. The van der Waals surface area contributed by atoms with Crippen molar-refractivity contribution in [3.05, 3.63) is 18.2 Å². The van der Waals surface area contributed by atoms with Crippen molar-refractivity contribution >= 4 is 6.09 Å². The molecule has 0 unspecified atom stereocenters. The Morgan fingerprint density at radius 3 is 2.67 bits per heavy atom. The summed E-state index contributed by atoms with van der Waals surface area (Å²) in [5.41, 5.74) is -0.453. The number of H-pyrrole nitrogens is 1. The summed E-state index contributed by atoms with van der Waals surface area (Å²) < 4.78 is 5.49. The van der Waals surface area contributed by atoms with Crippen LogP contribution in [0.2, 0.25) is 0 Å². The number of piperazine rings is 1. The molecule has 1 aliphatic rings. The molecule has 0 spiro atoms. The molecule has 1 aromatic rings. The Labute approximate surface area is 126 Å². The second-order valence-electron chi connectivity index (χ2n) is 6.80. The number of carbonyl (C=O) groups is 1. The van der Waals surface area contributed by atoms with Crippen molar-refractivity contribution in [2.75, 3.05) is 13.1 Å². The summed E-state index contributed by atoms with van der Waals surface area (Å²) >= 11 is 0. The summed E-state index contributed by atoms with van der Waals surface area (Å²) in [6, 6.07) is 0.407. The van der Waals surface area contributed by atoms with Crippen molar-refractivity contribution in [3.8, 4) is 0 Å². The van der Waals surface area contributed by atoms with Crippen LogP contribution in [0.3, 0.4) is 0 Å². The maximum atomic E-state index is 12.3. The molecule has 6 heteroatoms. The van der Waals surface area contributed by atoms with Crippen molar-refractivity contribution < 1.29 is 9.53 Å². The second kappa shape index (κ2) is 6.05. The number of imidazole rings is 1. The average Bonchev–Trinajstić information content (AvgIpc) is 2.84. The molecule has 1 aliphatic heterocycles. The van der Waals surface area contributed by atoms with E-state index in [9.17, 15) is 4.79 Å². The third-order valence-electron chi connectivity index (χ3n) is 3.65. The average molecular weight is 294 g/mol. The van der Waals surface area contributed by atoms with E-state index in [0.717, 1.165) is 18.9 Å². The number of nitrogens with one attached hydrogen (secondary N) is 1. The maximum Gasteiger partial charge on any atom is 0.410 e. The van der Waals surface area contributed by atoms with Gasteiger partial charge >= 0.3 is 6.09 Å². The minimum absolute atomic E-state index is 0.131. The van der Waals surface area contributed by atoms with E-state index in [1.165, 1.54) is 0 Å². The number of ether oxygens (including phenoxy) is 1. The van der Waals surface area contributed by atoms with Crippen LogP contribution < -0.4 is 0 Å². The third-order valence-corrected chi connectivity index (χ3v) is 3.65. The highest BCUT2D eigenvalue weighted by Crippen LogP contribution is 2.20. The third kappa shape index (κ3) is 4.20. The van der Waals surface area contributed by atoms with Crippen LogP contribution in [0, 0.1) is 0 Å². The zero-order valence-corrected chi connectivity index (χ0v) is 13.6. The summed E-state index contributed by atoms with van der Waals surface area (Å²) in [5.74, 6) is 0.958. The Balaban J connectivity index is 1.96. The van der Waals surface area contributed by atoms with E-state index in [-0.39, 0.29) is 18.2 Å². The normalized spacial score (nSPS) is 24.1. The van der Waals surface area contributed by atoms with Crippen molar-refractivity contribution in [2.45, 2.75) is 58.8 Å². The quantitative estimate of drug-likeness (QED) is 0.908. The van der Waals surface area contributed by atoms with Crippen LogP contribution in [0.15, 0.2) is 12.4 Å². The van der Waals surface area contributed by atoms with E-state index in [1.54, 1.807) is 6.20 Å². The lowest BCUT2D eigenvalue weighted by Gasteiger charge is -2.43. The van der Waals surface area contributed by atoms with Gasteiger partial charge in [-0.15, -0.1) is 0 Å². The largest absolute Gasteiger partial charge is 0.444 e. The monoisotopic (exact) mass is 294 g/mol. The molecule has 0 saturated carbocycles. The fourth-order valence-electron chi connectivity index (χ4n) is 2.57. The minimum atomic E-state index is -0.453.